The van der Waals surface area contributed by atoms with E-state index in [0.717, 1.165) is 51.4 Å². The number of rotatable bonds is 8. The molecule has 0 amide bonds. The van der Waals surface area contributed by atoms with E-state index in [1.807, 2.05) is 0 Å². The molecular weight excluding hydrogens is 1060 g/mol. The maximum atomic E-state index is 12.1. The molecule has 8 nitrogen and oxygen atoms in total. The van der Waals surface area contributed by atoms with Crippen molar-refractivity contribution in [2.75, 3.05) is 0 Å². The van der Waals surface area contributed by atoms with Gasteiger partial charge in [-0.25, -0.2) is 0 Å². The number of benzene rings is 4. The van der Waals surface area contributed by atoms with Crippen LogP contribution in [-0.2, 0) is 25.8 Å². The average molecular weight is 1090 g/mol. The molecule has 57 heavy (non-hydrogen) atoms. The monoisotopic (exact) mass is 1090 g/mol. The van der Waals surface area contributed by atoms with Crippen molar-refractivity contribution in [1.29, 1.82) is 0 Å². The first-order valence-corrected chi connectivity index (χ1v) is 20.5. The van der Waals surface area contributed by atoms with Gasteiger partial charge in [0.25, 0.3) is 0 Å². The van der Waals surface area contributed by atoms with Crippen LogP contribution < -0.4 is 20.4 Å². The Bertz CT molecular complexity index is 1870. The Morgan fingerprint density at radius 3 is 0.754 bits per heavy atom. The van der Waals surface area contributed by atoms with Gasteiger partial charge < -0.3 is 20.4 Å². The molecule has 0 spiro atoms. The summed E-state index contributed by atoms with van der Waals surface area (Å²) >= 11 is 47.5. The molecule has 4 aromatic carbocycles. The number of hydrogen-bond donors (Lipinski definition) is 0. The number of hydrogen-bond acceptors (Lipinski definition) is 8. The van der Waals surface area contributed by atoms with Crippen LogP contribution in [0.4, 0.5) is 0 Å². The van der Waals surface area contributed by atoms with Gasteiger partial charge in [0.2, 0.25) is 0 Å². The van der Waals surface area contributed by atoms with Crippen LogP contribution in [0.3, 0.4) is 0 Å². The molecule has 0 aliphatic heterocycles. The topological polar surface area (TPSA) is 142 Å². The van der Waals surface area contributed by atoms with Gasteiger partial charge in [-0.15, -0.1) is 0 Å². The third-order valence-corrected chi connectivity index (χ3v) is 11.2. The molecular formula is C40H32Cl8HfN4O4. The van der Waals surface area contributed by atoms with Gasteiger partial charge in [-0.1, -0.05) is 141 Å². The van der Waals surface area contributed by atoms with Crippen LogP contribution in [0.5, 0.6) is 23.0 Å². The normalized spacial score (nSPS) is 19.9. The molecule has 0 saturated heterocycles. The summed E-state index contributed by atoms with van der Waals surface area (Å²) < 4.78 is 0. The van der Waals surface area contributed by atoms with Crippen LogP contribution in [0.1, 0.15) is 73.6 Å². The van der Waals surface area contributed by atoms with Gasteiger partial charge in [0.15, 0.2) is 0 Å². The van der Waals surface area contributed by atoms with E-state index in [1.54, 1.807) is 0 Å². The summed E-state index contributed by atoms with van der Waals surface area (Å²) in [4.78, 5) is 18.2. The van der Waals surface area contributed by atoms with Gasteiger partial charge in [-0.2, -0.15) is 0 Å². The molecule has 0 N–H and O–H groups in total. The van der Waals surface area contributed by atoms with E-state index >= 15 is 0 Å². The van der Waals surface area contributed by atoms with Gasteiger partial charge in [-0.3, -0.25) is 20.0 Å². The zero-order valence-electron chi connectivity index (χ0n) is 29.8. The molecule has 6 rings (SSSR count). The van der Waals surface area contributed by atoms with Gasteiger partial charge in [0.1, 0.15) is 0 Å². The predicted molar refractivity (Wildman–Crippen MR) is 226 cm³/mol. The van der Waals surface area contributed by atoms with Gasteiger partial charge in [0, 0.05) is 65.0 Å². The Labute approximate surface area is 390 Å². The molecule has 2 aliphatic rings. The SMILES string of the molecule is [Hf+4].[O-]c1c(Cl)cc(Cl)cc1C=N[C@@H]1CCCC[C@H]1N=Cc1cc(Cl)cc(Cl)c1[O-].[O-]c1c(Cl)cc(Cl)cc1C=N[C@H]1CCCC[C@@H]1N=Cc1cc(Cl)cc(Cl)c1[O-]. The van der Waals surface area contributed by atoms with Crippen LogP contribution in [-0.4, -0.2) is 49.0 Å². The molecule has 4 aromatic rings. The summed E-state index contributed by atoms with van der Waals surface area (Å²) in [5.74, 6) is -1.24. The third kappa shape index (κ3) is 13.5. The Hall–Kier alpha value is -2.05. The molecule has 0 unspecified atom stereocenters. The molecule has 2 aliphatic carbocycles. The van der Waals surface area contributed by atoms with Gasteiger partial charge in [0.05, 0.1) is 24.2 Å². The van der Waals surface area contributed by atoms with Crippen molar-refractivity contribution in [2.24, 2.45) is 20.0 Å². The van der Waals surface area contributed by atoms with Crippen LogP contribution in [0, 0.1) is 0 Å². The van der Waals surface area contributed by atoms with Crippen LogP contribution in [0.25, 0.3) is 0 Å². The molecule has 0 aromatic heterocycles. The summed E-state index contributed by atoms with van der Waals surface area (Å²) in [7, 11) is 0. The molecule has 4 atom stereocenters. The summed E-state index contributed by atoms with van der Waals surface area (Å²) in [6.07, 6.45) is 13.4. The minimum atomic E-state index is -0.310. The average Bonchev–Trinajstić information content (AvgIpc) is 3.16. The fraction of sp³-hybridized carbons (Fsp3) is 0.300. The Balaban J connectivity index is 0.000000248. The summed E-state index contributed by atoms with van der Waals surface area (Å²) in [6.45, 7) is 0. The summed E-state index contributed by atoms with van der Waals surface area (Å²) in [5.41, 5.74) is 1.37. The largest absolute Gasteiger partial charge is 4.00 e. The summed E-state index contributed by atoms with van der Waals surface area (Å²) in [5, 5.41) is 50.2. The van der Waals surface area contributed by atoms with E-state index in [9.17, 15) is 20.4 Å². The van der Waals surface area contributed by atoms with Gasteiger partial charge in [-0.05, 0) is 96.5 Å². The molecule has 0 radical (unpaired) electrons. The minimum Gasteiger partial charge on any atom is -0.871 e. The fourth-order valence-electron chi connectivity index (χ4n) is 6.29. The number of nitrogens with zero attached hydrogens (tertiary/aromatic N) is 4. The Kier molecular flexibility index (Phi) is 18.8. The van der Waals surface area contributed by atoms with E-state index in [4.69, 9.17) is 92.8 Å². The molecule has 0 bridgehead atoms. The van der Waals surface area contributed by atoms with Crippen molar-refractivity contribution in [3.05, 3.63) is 111 Å². The van der Waals surface area contributed by atoms with Crippen LogP contribution >= 0.6 is 92.8 Å². The van der Waals surface area contributed by atoms with Gasteiger partial charge >= 0.3 is 25.8 Å². The molecule has 2 fully saturated rings. The first kappa shape index (κ1) is 47.6. The van der Waals surface area contributed by atoms with E-state index in [2.05, 4.69) is 20.0 Å². The first-order valence-electron chi connectivity index (χ1n) is 17.5. The standard InChI is InChI=1S/2C20H18Cl4N2O2.Hf/c2*21-13-5-11(19(27)15(23)7-13)9-25-17-3-1-2-4-18(17)26-10-12-6-14(22)8-16(24)20(12)28;/h2*5-10,17-18,27-28H,1-4H2;/q;;+4/p-4/t2*17-,18-;/m10./s1. The van der Waals surface area contributed by atoms with Crippen molar-refractivity contribution in [3.63, 3.8) is 0 Å². The Morgan fingerprint density at radius 2 is 0.561 bits per heavy atom. The predicted octanol–water partition coefficient (Wildman–Crippen LogP) is 10.6. The molecule has 17 heteroatoms. The minimum absolute atomic E-state index is 0. The molecule has 296 valence electrons. The zero-order valence-corrected chi connectivity index (χ0v) is 39.5. The van der Waals surface area contributed by atoms with E-state index in [1.165, 1.54) is 73.4 Å². The van der Waals surface area contributed by atoms with Crippen LogP contribution in [0.2, 0.25) is 40.2 Å². The van der Waals surface area contributed by atoms with Crippen LogP contribution in [0.15, 0.2) is 68.5 Å². The zero-order chi connectivity index (χ0) is 40.5. The fourth-order valence-corrected chi connectivity index (χ4v) is 8.32. The van der Waals surface area contributed by atoms with E-state index < -0.39 is 0 Å². The van der Waals surface area contributed by atoms with E-state index in [-0.39, 0.29) is 93.1 Å². The second kappa shape index (κ2) is 22.5. The summed E-state index contributed by atoms with van der Waals surface area (Å²) in [6, 6.07) is 11.4. The second-order valence-electron chi connectivity index (χ2n) is 13.2. The van der Waals surface area contributed by atoms with Crippen molar-refractivity contribution in [2.45, 2.75) is 75.5 Å². The first-order chi connectivity index (χ1) is 26.7. The number of halogens is 8. The van der Waals surface area contributed by atoms with Crippen molar-refractivity contribution in [3.8, 4) is 23.0 Å². The smallest absolute Gasteiger partial charge is 0.871 e. The Morgan fingerprint density at radius 1 is 0.368 bits per heavy atom. The van der Waals surface area contributed by atoms with E-state index in [0.29, 0.717) is 42.3 Å². The van der Waals surface area contributed by atoms with Crippen molar-refractivity contribution >= 4 is 118 Å². The number of aliphatic imine (C=N–C) groups is 4. The quantitative estimate of drug-likeness (QED) is 0.128. The molecule has 0 heterocycles. The third-order valence-electron chi connectivity index (χ3n) is 9.16. The van der Waals surface area contributed by atoms with Crippen molar-refractivity contribution < 1.29 is 46.3 Å². The molecule has 2 saturated carbocycles. The maximum absolute atomic E-state index is 12.1. The second-order valence-corrected chi connectivity index (χ2v) is 16.5. The van der Waals surface area contributed by atoms with Crippen molar-refractivity contribution in [1.82, 2.24) is 0 Å². The maximum Gasteiger partial charge on any atom is 4.00 e.